The fourth-order valence-corrected chi connectivity index (χ4v) is 15.8. The molecule has 21 aliphatic rings. The second-order valence-corrected chi connectivity index (χ2v) is 27.5. The molecule has 560 valence electrons. The molecule has 100 heavy (non-hydrogen) atoms. The first kappa shape index (κ1) is 77.5. The Morgan fingerprint density at radius 1 is 0.300 bits per heavy atom. The number of hydrogen-bond donors (Lipinski definition) is 21. The van der Waals surface area contributed by atoms with Crippen LogP contribution in [0.1, 0.15) is 5.56 Å². The summed E-state index contributed by atoms with van der Waals surface area (Å²) in [6.07, 6.45) is -68.3. The molecule has 21 saturated heterocycles. The van der Waals surface area contributed by atoms with Gasteiger partial charge in [-0.1, -0.05) is 84.9 Å². The van der Waals surface area contributed by atoms with Gasteiger partial charge in [-0.2, -0.15) is 0 Å². The minimum Gasteiger partial charge on any atom is -0.394 e. The zero-order valence-corrected chi connectivity index (χ0v) is 54.2. The summed E-state index contributed by atoms with van der Waals surface area (Å²) in [7, 11) is -1.03. The third-order valence-corrected chi connectivity index (χ3v) is 21.3. The van der Waals surface area contributed by atoms with Gasteiger partial charge in [-0.15, -0.1) is 0 Å². The highest BCUT2D eigenvalue weighted by Crippen LogP contribution is 2.40. The molecule has 0 unspecified atom stereocenters. The fraction of sp³-hybridized carbons (Fsp3) is 0.698. The minimum atomic E-state index is -2.22. The topological polar surface area (TPSA) is 558 Å². The van der Waals surface area contributed by atoms with Crippen molar-refractivity contribution in [3.05, 3.63) is 90.5 Å². The molecule has 14 bridgehead atoms. The van der Waals surface area contributed by atoms with Gasteiger partial charge in [0.1, 0.15) is 171 Å². The van der Waals surface area contributed by atoms with Crippen LogP contribution in [0.4, 0.5) is 0 Å². The molecule has 0 aliphatic carbocycles. The van der Waals surface area contributed by atoms with Crippen molar-refractivity contribution in [3.63, 3.8) is 0 Å². The second kappa shape index (κ2) is 34.7. The van der Waals surface area contributed by atoms with E-state index >= 15 is 0 Å². The third-order valence-electron chi connectivity index (χ3n) is 18.8. The van der Waals surface area contributed by atoms with Crippen molar-refractivity contribution in [1.82, 2.24) is 5.32 Å². The number of rotatable bonds is 15. The van der Waals surface area contributed by atoms with Crippen LogP contribution in [0, 0.1) is 0 Å². The van der Waals surface area contributed by atoms with E-state index in [0.29, 0.717) is 0 Å². The molecule has 0 aromatic heterocycles. The smallest absolute Gasteiger partial charge is 0.187 e. The Hall–Kier alpha value is -3.64. The van der Waals surface area contributed by atoms with Crippen molar-refractivity contribution in [3.8, 4) is 0 Å². The molecule has 21 aliphatic heterocycles. The van der Waals surface area contributed by atoms with E-state index in [1.807, 2.05) is 60.7 Å². The Balaban J connectivity index is 0.861. The summed E-state index contributed by atoms with van der Waals surface area (Å²) in [5, 5.41) is 232. The van der Waals surface area contributed by atoms with E-state index in [4.69, 9.17) is 71.3 Å². The number of aliphatic imine (C=N–C) groups is 1. The number of hydrogen-bond acceptors (Lipinski definition) is 36. The summed E-state index contributed by atoms with van der Waals surface area (Å²) in [6, 6.07) is 27.9. The molecular formula is C63H89N2O34P. The van der Waals surface area contributed by atoms with Crippen LogP contribution in [0.2, 0.25) is 0 Å². The standard InChI is InChI=1S/C63H89N2O34P/c66-19-29-51-38(74)45(81)59(88-29)96-53-31(21-68)90-61(47(83)40(53)76)98-55-33(23-70)92-63(49(85)42(55)78)99-56-34(24-71)91-62(48(84)41(56)77)97-54-32(22-69)89-60(46(82)39(54)75)95-52-30(20-67)87-58(44(80)37(52)73)93-50-28(86-57(94-51)43(79)36(50)72)18-65-16-15-64-17-25-9-7-8-14-35(25)100(26-10-3-1-4-11-26)27-12-5-2-6-13-27/h1-14,17,28-34,36-63,65-85H,15-16,18-24H2/t28-,29-,30-,31-,32-,33-,34-,36-,37-,38-,39-,40-,41-,42-,43-,44-,45-,46-,47-,48-,49-,50-,51-,52-,53-,54-,55-,56-,57-,58-,59-,60-,61-,62-,63-/m1/s1. The minimum absolute atomic E-state index is 0.104. The van der Waals surface area contributed by atoms with E-state index in [-0.39, 0.29) is 19.6 Å². The fourth-order valence-electron chi connectivity index (χ4n) is 13.4. The molecule has 21 heterocycles. The molecule has 36 nitrogen and oxygen atoms in total. The first-order chi connectivity index (χ1) is 48.1. The Morgan fingerprint density at radius 3 is 0.810 bits per heavy atom. The van der Waals surface area contributed by atoms with Crippen molar-refractivity contribution in [2.45, 2.75) is 215 Å². The van der Waals surface area contributed by atoms with Gasteiger partial charge in [-0.05, 0) is 23.8 Å². The molecule has 0 spiro atoms. The number of aliphatic hydroxyl groups is 20. The van der Waals surface area contributed by atoms with Gasteiger partial charge < -0.3 is 174 Å². The maximum Gasteiger partial charge on any atom is 0.187 e. The van der Waals surface area contributed by atoms with E-state index in [1.54, 1.807) is 6.21 Å². The highest BCUT2D eigenvalue weighted by atomic mass is 31.1. The Labute approximate surface area is 571 Å². The van der Waals surface area contributed by atoms with Crippen LogP contribution in [0.15, 0.2) is 89.9 Å². The monoisotopic (exact) mass is 1450 g/mol. The summed E-state index contributed by atoms with van der Waals surface area (Å²) in [5.74, 6) is 0. The van der Waals surface area contributed by atoms with Gasteiger partial charge in [-0.3, -0.25) is 4.99 Å². The van der Waals surface area contributed by atoms with Crippen LogP contribution in [0.5, 0.6) is 0 Å². The number of nitrogens with one attached hydrogen (secondary N) is 1. The molecule has 0 amide bonds. The zero-order chi connectivity index (χ0) is 71.4. The van der Waals surface area contributed by atoms with Gasteiger partial charge in [0.25, 0.3) is 0 Å². The Kier molecular flexibility index (Phi) is 26.9. The third kappa shape index (κ3) is 16.3. The van der Waals surface area contributed by atoms with Gasteiger partial charge in [-0.25, -0.2) is 0 Å². The first-order valence-corrected chi connectivity index (χ1v) is 34.0. The normalized spacial score (nSPS) is 45.4. The lowest BCUT2D eigenvalue weighted by Gasteiger charge is -2.50. The van der Waals surface area contributed by atoms with Crippen molar-refractivity contribution in [2.24, 2.45) is 4.99 Å². The summed E-state index contributed by atoms with van der Waals surface area (Å²) >= 11 is 0. The molecule has 21 N–H and O–H groups in total. The summed E-state index contributed by atoms with van der Waals surface area (Å²) < 4.78 is 82.3. The Morgan fingerprint density at radius 2 is 0.540 bits per heavy atom. The van der Waals surface area contributed by atoms with Crippen LogP contribution < -0.4 is 21.2 Å². The number of benzene rings is 3. The Bertz CT molecular complexity index is 2970. The van der Waals surface area contributed by atoms with E-state index in [9.17, 15) is 102 Å². The highest BCUT2D eigenvalue weighted by molar-refractivity contribution is 7.80. The van der Waals surface area contributed by atoms with E-state index in [1.165, 1.54) is 0 Å². The van der Waals surface area contributed by atoms with Gasteiger partial charge >= 0.3 is 0 Å². The lowest BCUT2D eigenvalue weighted by molar-refractivity contribution is -0.396. The molecule has 21 fully saturated rings. The lowest BCUT2D eigenvalue weighted by Crippen LogP contribution is -2.68. The molecule has 3 aromatic rings. The summed E-state index contributed by atoms with van der Waals surface area (Å²) in [4.78, 5) is 4.71. The van der Waals surface area contributed by atoms with Crippen molar-refractivity contribution >= 4 is 30.0 Å². The number of nitrogens with zero attached hydrogens (tertiary/aromatic N) is 1. The van der Waals surface area contributed by atoms with Crippen molar-refractivity contribution in [2.75, 3.05) is 59.3 Å². The molecule has 37 heteroatoms. The average molecular weight is 1450 g/mol. The van der Waals surface area contributed by atoms with Crippen LogP contribution in [-0.4, -0.2) is 383 Å². The average Bonchev–Trinajstić information content (AvgIpc) is 0.779. The van der Waals surface area contributed by atoms with Gasteiger partial charge in [0.05, 0.1) is 46.2 Å². The second-order valence-electron chi connectivity index (χ2n) is 25.3. The highest BCUT2D eigenvalue weighted by Gasteiger charge is 2.60. The summed E-state index contributed by atoms with van der Waals surface area (Å²) in [5.41, 5.74) is 0.844. The van der Waals surface area contributed by atoms with Gasteiger partial charge in [0, 0.05) is 24.9 Å². The van der Waals surface area contributed by atoms with Crippen LogP contribution in [0.25, 0.3) is 0 Å². The summed E-state index contributed by atoms with van der Waals surface area (Å²) in [6.45, 7) is -6.36. The van der Waals surface area contributed by atoms with Gasteiger partial charge in [0.15, 0.2) is 44.0 Å². The zero-order valence-electron chi connectivity index (χ0n) is 53.3. The molecule has 0 saturated carbocycles. The molecule has 3 aromatic carbocycles. The molecule has 35 atom stereocenters. The van der Waals surface area contributed by atoms with Crippen molar-refractivity contribution in [1.29, 1.82) is 0 Å². The van der Waals surface area contributed by atoms with Gasteiger partial charge in [0.2, 0.25) is 0 Å². The largest absolute Gasteiger partial charge is 0.394 e. The quantitative estimate of drug-likeness (QED) is 0.0382. The number of ether oxygens (including phenoxy) is 14. The van der Waals surface area contributed by atoms with Crippen molar-refractivity contribution < 1.29 is 168 Å². The molecular weight excluding hydrogens is 1360 g/mol. The van der Waals surface area contributed by atoms with E-state index < -0.39 is 263 Å². The predicted molar refractivity (Wildman–Crippen MR) is 332 cm³/mol. The maximum absolute atomic E-state index is 12.1. The van der Waals surface area contributed by atoms with E-state index in [2.05, 4.69) is 29.6 Å². The molecule has 24 rings (SSSR count). The lowest BCUT2D eigenvalue weighted by atomic mass is 9.95. The first-order valence-electron chi connectivity index (χ1n) is 32.7. The van der Waals surface area contributed by atoms with Crippen LogP contribution in [0.3, 0.4) is 0 Å². The predicted octanol–water partition coefficient (Wildman–Crippen LogP) is -11.8. The number of aliphatic hydroxyl groups excluding tert-OH is 20. The van der Waals surface area contributed by atoms with E-state index in [0.717, 1.165) is 21.5 Å². The van der Waals surface area contributed by atoms with Crippen LogP contribution in [-0.2, 0) is 66.3 Å². The molecule has 0 radical (unpaired) electrons. The SMILES string of the molecule is OC[C@H]1O[C@@H]2O[C@H]3[C@H](O)[C@@H](O)[C@@H](O[C@H]4[C@H](O)[C@@H](O)[C@@H](O[C@H]5[C@H](O)[C@@H](O)[C@@H](O[C@H]6[C@H](O)[C@@H](O)[C@@H](O[C@H]7[C@H](O)[C@@H](O)[C@@H](O[C@H]8[C@H](O)[C@@H](O)[C@@H](O[C@H]1[C@H](O)[C@H]2O)O[C@@H]8CO)O[C@@H]7CO)O[C@@H]6CO)O[C@@H]5CNCCN=Cc1ccccc1P(c1ccccc1)c1ccccc1)O[C@@H]4CO)O[C@@H]3CO. The van der Waals surface area contributed by atoms with Crippen LogP contribution >= 0.6 is 7.92 Å². The maximum atomic E-state index is 12.1.